The van der Waals surface area contributed by atoms with Gasteiger partial charge in [0.2, 0.25) is 5.91 Å². The van der Waals surface area contributed by atoms with Gasteiger partial charge in [-0.25, -0.2) is 4.39 Å². The van der Waals surface area contributed by atoms with E-state index in [1.54, 1.807) is 12.1 Å². The summed E-state index contributed by atoms with van der Waals surface area (Å²) < 4.78 is 12.8. The van der Waals surface area contributed by atoms with Crippen molar-refractivity contribution in [3.05, 3.63) is 35.6 Å². The van der Waals surface area contributed by atoms with E-state index in [0.29, 0.717) is 13.1 Å². The highest BCUT2D eigenvalue weighted by molar-refractivity contribution is 5.78. The fourth-order valence-electron chi connectivity index (χ4n) is 2.35. The summed E-state index contributed by atoms with van der Waals surface area (Å²) in [5, 5.41) is 6.21. The molecule has 0 aliphatic carbocycles. The van der Waals surface area contributed by atoms with Crippen molar-refractivity contribution < 1.29 is 9.18 Å². The second kappa shape index (κ2) is 6.33. The van der Waals surface area contributed by atoms with Gasteiger partial charge in [-0.05, 0) is 31.5 Å². The van der Waals surface area contributed by atoms with Crippen molar-refractivity contribution in [1.82, 2.24) is 15.5 Å². The van der Waals surface area contributed by atoms with E-state index in [1.165, 1.54) is 12.1 Å². The zero-order chi connectivity index (χ0) is 14.6. The van der Waals surface area contributed by atoms with Crippen LogP contribution < -0.4 is 10.6 Å². The smallest absolute Gasteiger partial charge is 0.234 e. The number of rotatable bonds is 4. The summed E-state index contributed by atoms with van der Waals surface area (Å²) in [6.45, 7) is 7.77. The molecule has 2 N–H and O–H groups in total. The van der Waals surface area contributed by atoms with Crippen molar-refractivity contribution in [2.75, 3.05) is 26.2 Å². The maximum Gasteiger partial charge on any atom is 0.234 e. The lowest BCUT2D eigenvalue weighted by Crippen LogP contribution is -2.59. The molecular formula is C15H22FN3O. The Kier molecular flexibility index (Phi) is 4.73. The fraction of sp³-hybridized carbons (Fsp3) is 0.533. The Labute approximate surface area is 119 Å². The van der Waals surface area contributed by atoms with Gasteiger partial charge >= 0.3 is 0 Å². The Balaban J connectivity index is 1.81. The molecule has 4 nitrogen and oxygen atoms in total. The minimum Gasteiger partial charge on any atom is -0.351 e. The van der Waals surface area contributed by atoms with Crippen LogP contribution in [0.4, 0.5) is 4.39 Å². The summed E-state index contributed by atoms with van der Waals surface area (Å²) in [6, 6.07) is 6.18. The molecule has 2 rings (SSSR count). The molecule has 0 saturated carbocycles. The van der Waals surface area contributed by atoms with Crippen LogP contribution in [-0.2, 0) is 11.3 Å². The molecule has 1 aromatic rings. The van der Waals surface area contributed by atoms with E-state index < -0.39 is 0 Å². The third-order valence-electron chi connectivity index (χ3n) is 3.71. The zero-order valence-electron chi connectivity index (χ0n) is 12.1. The number of carbonyl (C=O) groups excluding carboxylic acids is 1. The van der Waals surface area contributed by atoms with Crippen LogP contribution in [0, 0.1) is 5.82 Å². The first kappa shape index (κ1) is 14.9. The van der Waals surface area contributed by atoms with E-state index in [4.69, 9.17) is 0 Å². The number of hydrogen-bond donors (Lipinski definition) is 2. The Hall–Kier alpha value is -1.46. The third-order valence-corrected chi connectivity index (χ3v) is 3.71. The van der Waals surface area contributed by atoms with Crippen molar-refractivity contribution in [3.8, 4) is 0 Å². The molecule has 20 heavy (non-hydrogen) atoms. The van der Waals surface area contributed by atoms with Crippen LogP contribution in [0.1, 0.15) is 19.4 Å². The van der Waals surface area contributed by atoms with Crippen LogP contribution in [0.5, 0.6) is 0 Å². The SMILES string of the molecule is CC1(C)CNCCN1CC(=O)NCc1ccc(F)cc1. The Bertz CT molecular complexity index is 459. The monoisotopic (exact) mass is 279 g/mol. The highest BCUT2D eigenvalue weighted by Crippen LogP contribution is 2.15. The molecule has 110 valence electrons. The van der Waals surface area contributed by atoms with Gasteiger partial charge in [0, 0.05) is 31.7 Å². The van der Waals surface area contributed by atoms with Crippen molar-refractivity contribution >= 4 is 5.91 Å². The molecule has 0 atom stereocenters. The topological polar surface area (TPSA) is 44.4 Å². The maximum atomic E-state index is 12.8. The van der Waals surface area contributed by atoms with Gasteiger partial charge < -0.3 is 10.6 Å². The molecular weight excluding hydrogens is 257 g/mol. The molecule has 0 bridgehead atoms. The highest BCUT2D eigenvalue weighted by Gasteiger charge is 2.30. The second-order valence-corrected chi connectivity index (χ2v) is 5.81. The molecule has 5 heteroatoms. The normalized spacial score (nSPS) is 18.8. The van der Waals surface area contributed by atoms with Crippen LogP contribution in [0.15, 0.2) is 24.3 Å². The number of nitrogens with one attached hydrogen (secondary N) is 2. The largest absolute Gasteiger partial charge is 0.351 e. The number of nitrogens with zero attached hydrogens (tertiary/aromatic N) is 1. The first-order valence-corrected chi connectivity index (χ1v) is 6.94. The zero-order valence-corrected chi connectivity index (χ0v) is 12.1. The summed E-state index contributed by atoms with van der Waals surface area (Å²) in [4.78, 5) is 14.2. The average Bonchev–Trinajstić information content (AvgIpc) is 2.40. The Morgan fingerprint density at radius 3 is 2.75 bits per heavy atom. The molecule has 1 fully saturated rings. The number of halogens is 1. The number of carbonyl (C=O) groups is 1. The fourth-order valence-corrected chi connectivity index (χ4v) is 2.35. The standard InChI is InChI=1S/C15H22FN3O/c1-15(2)11-17-7-8-19(15)10-14(20)18-9-12-3-5-13(16)6-4-12/h3-6,17H,7-11H2,1-2H3,(H,18,20). The summed E-state index contributed by atoms with van der Waals surface area (Å²) in [6.07, 6.45) is 0. The maximum absolute atomic E-state index is 12.8. The van der Waals surface area contributed by atoms with E-state index in [-0.39, 0.29) is 17.3 Å². The van der Waals surface area contributed by atoms with Gasteiger partial charge in [-0.1, -0.05) is 12.1 Å². The lowest BCUT2D eigenvalue weighted by atomic mass is 10.0. The minimum absolute atomic E-state index is 0.00398. The lowest BCUT2D eigenvalue weighted by molar-refractivity contribution is -0.124. The number of piperazine rings is 1. The third kappa shape index (κ3) is 4.02. The Morgan fingerprint density at radius 2 is 2.10 bits per heavy atom. The van der Waals surface area contributed by atoms with Crippen molar-refractivity contribution in [3.63, 3.8) is 0 Å². The molecule has 0 spiro atoms. The van der Waals surface area contributed by atoms with Crippen LogP contribution in [0.2, 0.25) is 0 Å². The van der Waals surface area contributed by atoms with Gasteiger partial charge in [-0.15, -0.1) is 0 Å². The van der Waals surface area contributed by atoms with Crippen LogP contribution >= 0.6 is 0 Å². The molecule has 0 aromatic heterocycles. The predicted molar refractivity (Wildman–Crippen MR) is 76.8 cm³/mol. The number of hydrogen-bond acceptors (Lipinski definition) is 3. The summed E-state index contributed by atoms with van der Waals surface area (Å²) in [5.74, 6) is -0.257. The van der Waals surface area contributed by atoms with Crippen molar-refractivity contribution in [2.45, 2.75) is 25.9 Å². The summed E-state index contributed by atoms with van der Waals surface area (Å²) in [5.41, 5.74) is 0.894. The van der Waals surface area contributed by atoms with Gasteiger partial charge in [-0.2, -0.15) is 0 Å². The van der Waals surface area contributed by atoms with Crippen LogP contribution in [0.3, 0.4) is 0 Å². The van der Waals surface area contributed by atoms with Gasteiger partial charge in [0.1, 0.15) is 5.82 Å². The quantitative estimate of drug-likeness (QED) is 0.868. The lowest BCUT2D eigenvalue weighted by Gasteiger charge is -2.42. The molecule has 1 aliphatic rings. The predicted octanol–water partition coefficient (Wildman–Crippen LogP) is 1.13. The average molecular weight is 279 g/mol. The van der Waals surface area contributed by atoms with Gasteiger partial charge in [0.25, 0.3) is 0 Å². The van der Waals surface area contributed by atoms with Crippen LogP contribution in [-0.4, -0.2) is 42.5 Å². The molecule has 0 unspecified atom stereocenters. The molecule has 1 heterocycles. The highest BCUT2D eigenvalue weighted by atomic mass is 19.1. The number of amides is 1. The number of benzene rings is 1. The van der Waals surface area contributed by atoms with E-state index >= 15 is 0 Å². The molecule has 1 amide bonds. The Morgan fingerprint density at radius 1 is 1.40 bits per heavy atom. The second-order valence-electron chi connectivity index (χ2n) is 5.81. The van der Waals surface area contributed by atoms with E-state index in [9.17, 15) is 9.18 Å². The van der Waals surface area contributed by atoms with Gasteiger partial charge in [0.05, 0.1) is 6.54 Å². The van der Waals surface area contributed by atoms with Gasteiger partial charge in [-0.3, -0.25) is 9.69 Å². The van der Waals surface area contributed by atoms with Crippen molar-refractivity contribution in [2.24, 2.45) is 0 Å². The summed E-state index contributed by atoms with van der Waals surface area (Å²) in [7, 11) is 0. The first-order chi connectivity index (χ1) is 9.47. The summed E-state index contributed by atoms with van der Waals surface area (Å²) >= 11 is 0. The van der Waals surface area contributed by atoms with E-state index in [2.05, 4.69) is 29.4 Å². The van der Waals surface area contributed by atoms with Crippen molar-refractivity contribution in [1.29, 1.82) is 0 Å². The minimum atomic E-state index is -0.261. The first-order valence-electron chi connectivity index (χ1n) is 6.94. The molecule has 0 radical (unpaired) electrons. The van der Waals surface area contributed by atoms with E-state index in [0.717, 1.165) is 25.2 Å². The molecule has 1 saturated heterocycles. The van der Waals surface area contributed by atoms with Gasteiger partial charge in [0.15, 0.2) is 0 Å². The molecule has 1 aliphatic heterocycles. The van der Waals surface area contributed by atoms with E-state index in [1.807, 2.05) is 0 Å². The van der Waals surface area contributed by atoms with Crippen LogP contribution in [0.25, 0.3) is 0 Å². The molecule has 1 aromatic carbocycles.